The minimum Gasteiger partial charge on any atom is -0.462 e. The average Bonchev–Trinajstić information content (AvgIpc) is 3.35. The highest BCUT2D eigenvalue weighted by Gasteiger charge is 2.19. The third-order valence-electron chi connectivity index (χ3n) is 12.4. The van der Waals surface area contributed by atoms with Gasteiger partial charge in [0.15, 0.2) is 6.10 Å². The summed E-state index contributed by atoms with van der Waals surface area (Å²) >= 11 is 0. The van der Waals surface area contributed by atoms with Gasteiger partial charge in [0.2, 0.25) is 0 Å². The summed E-state index contributed by atoms with van der Waals surface area (Å²) in [6, 6.07) is 0. The molecule has 0 aromatic carbocycles. The van der Waals surface area contributed by atoms with Gasteiger partial charge < -0.3 is 14.2 Å². The molecule has 0 aromatic rings. The van der Waals surface area contributed by atoms with E-state index in [1.807, 2.05) is 0 Å². The fourth-order valence-electron chi connectivity index (χ4n) is 8.07. The highest BCUT2D eigenvalue weighted by atomic mass is 16.6. The summed E-state index contributed by atoms with van der Waals surface area (Å²) in [6.07, 6.45) is 74.5. The second-order valence-corrected chi connectivity index (χ2v) is 19.2. The maximum absolute atomic E-state index is 12.8. The Balaban J connectivity index is 4.19. The number of allylic oxidation sites excluding steroid dienone is 14. The van der Waals surface area contributed by atoms with Crippen molar-refractivity contribution in [2.75, 3.05) is 13.2 Å². The van der Waals surface area contributed by atoms with Crippen LogP contribution in [0.15, 0.2) is 85.1 Å². The first-order valence-electron chi connectivity index (χ1n) is 29.1. The van der Waals surface area contributed by atoms with Crippen molar-refractivity contribution < 1.29 is 28.6 Å². The predicted octanol–water partition coefficient (Wildman–Crippen LogP) is 19.5. The van der Waals surface area contributed by atoms with Crippen LogP contribution in [0, 0.1) is 0 Å². The van der Waals surface area contributed by atoms with Gasteiger partial charge in [-0.1, -0.05) is 266 Å². The third-order valence-corrected chi connectivity index (χ3v) is 12.4. The van der Waals surface area contributed by atoms with Gasteiger partial charge >= 0.3 is 17.9 Å². The third kappa shape index (κ3) is 55.4. The number of carbonyl (C=O) groups is 3. The molecule has 6 heteroatoms. The molecule has 1 unspecified atom stereocenters. The molecule has 69 heavy (non-hydrogen) atoms. The first-order chi connectivity index (χ1) is 34.0. The quantitative estimate of drug-likeness (QED) is 0.0262. The lowest BCUT2D eigenvalue weighted by atomic mass is 10.0. The van der Waals surface area contributed by atoms with Gasteiger partial charge in [0.25, 0.3) is 0 Å². The number of unbranched alkanes of at least 4 members (excludes halogenated alkanes) is 27. The zero-order valence-corrected chi connectivity index (χ0v) is 45.3. The molecule has 0 saturated heterocycles. The van der Waals surface area contributed by atoms with Crippen LogP contribution in [0.5, 0.6) is 0 Å². The Labute approximate surface area is 426 Å². The molecule has 0 heterocycles. The second kappa shape index (κ2) is 57.2. The molecule has 0 bridgehead atoms. The normalized spacial score (nSPS) is 12.7. The lowest BCUT2D eigenvalue weighted by Gasteiger charge is -2.18. The summed E-state index contributed by atoms with van der Waals surface area (Å²) in [5, 5.41) is 0. The molecule has 1 atom stereocenters. The first kappa shape index (κ1) is 65.6. The van der Waals surface area contributed by atoms with Crippen LogP contribution in [0.2, 0.25) is 0 Å². The van der Waals surface area contributed by atoms with Crippen molar-refractivity contribution in [1.82, 2.24) is 0 Å². The van der Waals surface area contributed by atoms with Gasteiger partial charge in [0, 0.05) is 19.3 Å². The second-order valence-electron chi connectivity index (χ2n) is 19.2. The maximum Gasteiger partial charge on any atom is 0.306 e. The monoisotopic (exact) mass is 961 g/mol. The smallest absolute Gasteiger partial charge is 0.306 e. The number of hydrogen-bond acceptors (Lipinski definition) is 6. The van der Waals surface area contributed by atoms with Crippen molar-refractivity contribution in [3.8, 4) is 0 Å². The molecule has 0 amide bonds. The summed E-state index contributed by atoms with van der Waals surface area (Å²) in [5.41, 5.74) is 0. The molecule has 0 saturated carbocycles. The minimum absolute atomic E-state index is 0.0765. The molecule has 6 nitrogen and oxygen atoms in total. The highest BCUT2D eigenvalue weighted by Crippen LogP contribution is 2.16. The van der Waals surface area contributed by atoms with Crippen LogP contribution in [-0.4, -0.2) is 37.2 Å². The van der Waals surface area contributed by atoms with Crippen molar-refractivity contribution in [2.24, 2.45) is 0 Å². The van der Waals surface area contributed by atoms with Crippen molar-refractivity contribution in [2.45, 2.75) is 284 Å². The van der Waals surface area contributed by atoms with Crippen LogP contribution in [0.1, 0.15) is 278 Å². The Morgan fingerprint density at radius 1 is 0.304 bits per heavy atom. The van der Waals surface area contributed by atoms with E-state index in [0.29, 0.717) is 19.3 Å². The van der Waals surface area contributed by atoms with Crippen LogP contribution in [0.3, 0.4) is 0 Å². The molecular weight excluding hydrogens is 853 g/mol. The fraction of sp³-hybridized carbons (Fsp3) is 0.730. The molecule has 0 radical (unpaired) electrons. The minimum atomic E-state index is -0.776. The Morgan fingerprint density at radius 2 is 0.565 bits per heavy atom. The fourth-order valence-corrected chi connectivity index (χ4v) is 8.07. The van der Waals surface area contributed by atoms with Crippen molar-refractivity contribution in [3.63, 3.8) is 0 Å². The molecule has 0 fully saturated rings. The molecule has 0 N–H and O–H groups in total. The number of hydrogen-bond donors (Lipinski definition) is 0. The van der Waals surface area contributed by atoms with Crippen LogP contribution in [0.25, 0.3) is 0 Å². The highest BCUT2D eigenvalue weighted by molar-refractivity contribution is 5.71. The van der Waals surface area contributed by atoms with Gasteiger partial charge in [-0.2, -0.15) is 0 Å². The number of esters is 3. The lowest BCUT2D eigenvalue weighted by molar-refractivity contribution is -0.167. The van der Waals surface area contributed by atoms with Gasteiger partial charge in [-0.05, 0) is 77.0 Å². The maximum atomic E-state index is 12.8. The van der Waals surface area contributed by atoms with Gasteiger partial charge in [-0.25, -0.2) is 0 Å². The Hall–Kier alpha value is -3.41. The van der Waals surface area contributed by atoms with Crippen molar-refractivity contribution in [3.05, 3.63) is 85.1 Å². The summed E-state index contributed by atoms with van der Waals surface area (Å²) in [6.45, 7) is 6.50. The SMILES string of the molecule is CC/C=C\C/C=C\C/C=C\C/C=C\C/C=C\C/C=C\C/C=C\CCCCCCCCCC(=O)OCC(COC(=O)CCCCCCCCCC)OC(=O)CCCCCCCCCCCCCCCC. The molecule has 0 rings (SSSR count). The van der Waals surface area contributed by atoms with Crippen molar-refractivity contribution in [1.29, 1.82) is 0 Å². The summed E-state index contributed by atoms with van der Waals surface area (Å²) in [7, 11) is 0. The van der Waals surface area contributed by atoms with E-state index >= 15 is 0 Å². The van der Waals surface area contributed by atoms with E-state index < -0.39 is 6.10 Å². The van der Waals surface area contributed by atoms with Gasteiger partial charge in [0.1, 0.15) is 13.2 Å². The Kier molecular flexibility index (Phi) is 54.3. The zero-order valence-electron chi connectivity index (χ0n) is 45.3. The van der Waals surface area contributed by atoms with E-state index in [-0.39, 0.29) is 31.1 Å². The molecule has 0 aliphatic carbocycles. The molecule has 0 aliphatic rings. The van der Waals surface area contributed by atoms with E-state index in [1.54, 1.807) is 0 Å². The van der Waals surface area contributed by atoms with Gasteiger partial charge in [0.05, 0.1) is 0 Å². The van der Waals surface area contributed by atoms with Crippen LogP contribution in [-0.2, 0) is 28.6 Å². The van der Waals surface area contributed by atoms with E-state index in [4.69, 9.17) is 14.2 Å². The van der Waals surface area contributed by atoms with Crippen molar-refractivity contribution >= 4 is 17.9 Å². The standard InChI is InChI=1S/C63H108O6/c1-4-7-10-13-16-19-21-23-25-26-27-28-29-30-31-32-33-34-35-36-37-38-39-41-42-44-47-50-53-56-62(65)68-59-60(58-67-61(64)55-52-49-46-18-15-12-9-6-3)69-63(66)57-54-51-48-45-43-40-24-22-20-17-14-11-8-5-2/h7,10,16,19,23,25,27-28,30-31,33-34,36-37,60H,4-6,8-9,11-15,17-18,20-22,24,26,29,32,35,38-59H2,1-3H3/b10-7-,19-16-,25-23-,28-27-,31-30-,34-33-,37-36-. The van der Waals surface area contributed by atoms with Crippen LogP contribution >= 0.6 is 0 Å². The molecule has 396 valence electrons. The molecule has 0 aromatic heterocycles. The predicted molar refractivity (Wildman–Crippen MR) is 297 cm³/mol. The molecular formula is C63H108O6. The molecule has 0 spiro atoms. The van der Waals surface area contributed by atoms with Crippen LogP contribution in [0.4, 0.5) is 0 Å². The Bertz CT molecular complexity index is 1330. The summed E-state index contributed by atoms with van der Waals surface area (Å²) in [5.74, 6) is -0.885. The Morgan fingerprint density at radius 3 is 0.884 bits per heavy atom. The van der Waals surface area contributed by atoms with E-state index in [0.717, 1.165) is 109 Å². The largest absolute Gasteiger partial charge is 0.462 e. The van der Waals surface area contributed by atoms with Gasteiger partial charge in [-0.3, -0.25) is 14.4 Å². The summed E-state index contributed by atoms with van der Waals surface area (Å²) in [4.78, 5) is 38.0. The number of rotatable bonds is 52. The number of ether oxygens (including phenoxy) is 3. The summed E-state index contributed by atoms with van der Waals surface area (Å²) < 4.78 is 16.8. The van der Waals surface area contributed by atoms with E-state index in [9.17, 15) is 14.4 Å². The first-order valence-corrected chi connectivity index (χ1v) is 29.1. The topological polar surface area (TPSA) is 78.9 Å². The average molecular weight is 962 g/mol. The lowest BCUT2D eigenvalue weighted by Crippen LogP contribution is -2.30. The van der Waals surface area contributed by atoms with E-state index in [2.05, 4.69) is 106 Å². The van der Waals surface area contributed by atoms with Gasteiger partial charge in [-0.15, -0.1) is 0 Å². The zero-order chi connectivity index (χ0) is 50.0. The van der Waals surface area contributed by atoms with E-state index in [1.165, 1.54) is 128 Å². The van der Waals surface area contributed by atoms with Crippen LogP contribution < -0.4 is 0 Å². The molecule has 0 aliphatic heterocycles. The number of carbonyl (C=O) groups excluding carboxylic acids is 3.